The fourth-order valence-electron chi connectivity index (χ4n) is 3.42. The Hall–Kier alpha value is -3.36. The number of carbonyl (C=O) groups excluding carboxylic acids is 2. The highest BCUT2D eigenvalue weighted by atomic mass is 35.5. The van der Waals surface area contributed by atoms with Gasteiger partial charge in [0.05, 0.1) is 22.0 Å². The smallest absolute Gasteiger partial charge is 0.264 e. The fourth-order valence-corrected chi connectivity index (χ4v) is 4.96. The number of carbonyl (C=O) groups is 2. The number of hydrogen-bond donors (Lipinski definition) is 1. The van der Waals surface area contributed by atoms with Crippen molar-refractivity contribution in [1.82, 2.24) is 0 Å². The molecule has 0 fully saturated rings. The van der Waals surface area contributed by atoms with Crippen LogP contribution in [-0.4, -0.2) is 33.3 Å². The molecule has 9 heteroatoms. The molecule has 0 spiro atoms. The molecule has 0 radical (unpaired) electrons. The van der Waals surface area contributed by atoms with E-state index in [1.807, 2.05) is 6.92 Å². The van der Waals surface area contributed by atoms with E-state index in [0.29, 0.717) is 22.1 Å². The topological polar surface area (TPSA) is 86.8 Å². The summed E-state index contributed by atoms with van der Waals surface area (Å²) < 4.78 is 28.0. The van der Waals surface area contributed by atoms with Gasteiger partial charge in [-0.2, -0.15) is 0 Å². The molecule has 0 saturated heterocycles. The number of anilines is 3. The van der Waals surface area contributed by atoms with Crippen molar-refractivity contribution in [3.63, 3.8) is 0 Å². The third kappa shape index (κ3) is 4.32. The Morgan fingerprint density at radius 2 is 1.69 bits per heavy atom. The second-order valence-corrected chi connectivity index (χ2v) is 9.65. The number of aryl methyl sites for hydroxylation is 1. The molecule has 3 aromatic rings. The number of para-hydroxylation sites is 2. The minimum Gasteiger partial charge on any atom is -0.323 e. The van der Waals surface area contributed by atoms with Crippen LogP contribution >= 0.6 is 11.6 Å². The second kappa shape index (κ2) is 8.64. The molecule has 1 N–H and O–H groups in total. The maximum absolute atomic E-state index is 13.5. The standard InChI is InChI=1S/C23H20ClN3O4S/c1-16-6-10-18(11-7-16)27(32(30,31)19-12-8-17(24)9-13-19)15-23(29)26-14-22(28)25-20-4-2-3-5-21(20)26/h2-13H,14-15H2,1H3,(H,25,28). The number of amides is 2. The summed E-state index contributed by atoms with van der Waals surface area (Å²) in [6.07, 6.45) is 0. The van der Waals surface area contributed by atoms with E-state index in [9.17, 15) is 18.0 Å². The number of fused-ring (bicyclic) bond motifs is 1. The largest absolute Gasteiger partial charge is 0.323 e. The zero-order chi connectivity index (χ0) is 22.9. The summed E-state index contributed by atoms with van der Waals surface area (Å²) in [5.41, 5.74) is 2.31. The second-order valence-electron chi connectivity index (χ2n) is 7.35. The summed E-state index contributed by atoms with van der Waals surface area (Å²) in [4.78, 5) is 26.7. The van der Waals surface area contributed by atoms with Gasteiger partial charge in [0.1, 0.15) is 13.1 Å². The number of rotatable bonds is 5. The lowest BCUT2D eigenvalue weighted by Gasteiger charge is -2.32. The van der Waals surface area contributed by atoms with Crippen LogP contribution in [0.15, 0.2) is 77.7 Å². The Morgan fingerprint density at radius 3 is 2.38 bits per heavy atom. The van der Waals surface area contributed by atoms with Crippen LogP contribution in [0.2, 0.25) is 5.02 Å². The summed E-state index contributed by atoms with van der Waals surface area (Å²) in [7, 11) is -4.08. The zero-order valence-corrected chi connectivity index (χ0v) is 18.7. The summed E-state index contributed by atoms with van der Waals surface area (Å²) in [5.74, 6) is -0.870. The Morgan fingerprint density at radius 1 is 1.03 bits per heavy atom. The molecule has 4 rings (SSSR count). The van der Waals surface area contributed by atoms with Gasteiger partial charge in [0.25, 0.3) is 10.0 Å². The van der Waals surface area contributed by atoms with Gasteiger partial charge < -0.3 is 5.32 Å². The molecule has 0 saturated carbocycles. The Kier molecular flexibility index (Phi) is 5.90. The average molecular weight is 470 g/mol. The summed E-state index contributed by atoms with van der Waals surface area (Å²) in [6.45, 7) is 1.21. The lowest BCUT2D eigenvalue weighted by molar-refractivity contribution is -0.121. The molecule has 1 aliphatic heterocycles. The van der Waals surface area contributed by atoms with Crippen LogP contribution in [0, 0.1) is 6.92 Å². The van der Waals surface area contributed by atoms with Crippen molar-refractivity contribution in [1.29, 1.82) is 0 Å². The van der Waals surface area contributed by atoms with Gasteiger partial charge in [0.15, 0.2) is 0 Å². The van der Waals surface area contributed by atoms with Gasteiger partial charge in [0, 0.05) is 5.02 Å². The van der Waals surface area contributed by atoms with Crippen molar-refractivity contribution in [3.8, 4) is 0 Å². The van der Waals surface area contributed by atoms with E-state index in [1.54, 1.807) is 48.5 Å². The van der Waals surface area contributed by atoms with Crippen LogP contribution < -0.4 is 14.5 Å². The summed E-state index contributed by atoms with van der Waals surface area (Å²) >= 11 is 5.92. The SMILES string of the molecule is Cc1ccc(N(CC(=O)N2CC(=O)Nc3ccccc32)S(=O)(=O)c2ccc(Cl)cc2)cc1. The van der Waals surface area contributed by atoms with Crippen molar-refractivity contribution in [3.05, 3.63) is 83.4 Å². The van der Waals surface area contributed by atoms with Crippen molar-refractivity contribution < 1.29 is 18.0 Å². The molecule has 164 valence electrons. The highest BCUT2D eigenvalue weighted by Crippen LogP contribution is 2.30. The lowest BCUT2D eigenvalue weighted by Crippen LogP contribution is -2.48. The van der Waals surface area contributed by atoms with Gasteiger partial charge in [-0.3, -0.25) is 18.8 Å². The Balaban J connectivity index is 1.73. The molecule has 2 amide bonds. The van der Waals surface area contributed by atoms with Gasteiger partial charge in [0.2, 0.25) is 11.8 Å². The first-order valence-electron chi connectivity index (χ1n) is 9.80. The van der Waals surface area contributed by atoms with Crippen molar-refractivity contribution in [2.45, 2.75) is 11.8 Å². The van der Waals surface area contributed by atoms with E-state index >= 15 is 0 Å². The van der Waals surface area contributed by atoms with E-state index in [0.717, 1.165) is 9.87 Å². The van der Waals surface area contributed by atoms with Crippen LogP contribution in [0.3, 0.4) is 0 Å². The number of sulfonamides is 1. The Bertz CT molecular complexity index is 1280. The molecule has 0 aromatic heterocycles. The van der Waals surface area contributed by atoms with E-state index < -0.39 is 22.5 Å². The third-order valence-electron chi connectivity index (χ3n) is 5.07. The molecule has 3 aromatic carbocycles. The van der Waals surface area contributed by atoms with Gasteiger partial charge in [-0.25, -0.2) is 8.42 Å². The predicted octanol–water partition coefficient (Wildman–Crippen LogP) is 3.83. The van der Waals surface area contributed by atoms with Crippen LogP contribution in [0.4, 0.5) is 17.1 Å². The minimum atomic E-state index is -4.08. The Labute approximate surface area is 191 Å². The molecular formula is C23H20ClN3O4S. The number of hydrogen-bond acceptors (Lipinski definition) is 4. The molecular weight excluding hydrogens is 450 g/mol. The molecule has 0 atom stereocenters. The van der Waals surface area contributed by atoms with Gasteiger partial charge in [-0.05, 0) is 55.5 Å². The van der Waals surface area contributed by atoms with Crippen molar-refractivity contribution in [2.75, 3.05) is 27.6 Å². The average Bonchev–Trinajstić information content (AvgIpc) is 2.77. The van der Waals surface area contributed by atoms with Crippen molar-refractivity contribution >= 4 is 50.5 Å². The van der Waals surface area contributed by atoms with Crippen LogP contribution in [0.25, 0.3) is 0 Å². The van der Waals surface area contributed by atoms with E-state index in [2.05, 4.69) is 5.32 Å². The first-order valence-corrected chi connectivity index (χ1v) is 11.6. The maximum Gasteiger partial charge on any atom is 0.264 e. The van der Waals surface area contributed by atoms with E-state index in [1.165, 1.54) is 29.2 Å². The first-order chi connectivity index (χ1) is 15.3. The summed E-state index contributed by atoms with van der Waals surface area (Å²) in [6, 6.07) is 19.5. The van der Waals surface area contributed by atoms with Gasteiger partial charge >= 0.3 is 0 Å². The highest BCUT2D eigenvalue weighted by Gasteiger charge is 2.32. The molecule has 32 heavy (non-hydrogen) atoms. The first kappa shape index (κ1) is 21.9. The molecule has 0 unspecified atom stereocenters. The van der Waals surface area contributed by atoms with Gasteiger partial charge in [-0.1, -0.05) is 41.4 Å². The predicted molar refractivity (Wildman–Crippen MR) is 125 cm³/mol. The molecule has 0 aliphatic carbocycles. The number of benzene rings is 3. The number of halogens is 1. The van der Waals surface area contributed by atoms with Gasteiger partial charge in [-0.15, -0.1) is 0 Å². The minimum absolute atomic E-state index is 0.00654. The van der Waals surface area contributed by atoms with Crippen LogP contribution in [0.1, 0.15) is 5.56 Å². The molecule has 1 heterocycles. The van der Waals surface area contributed by atoms with Crippen LogP contribution in [-0.2, 0) is 19.6 Å². The summed E-state index contributed by atoms with van der Waals surface area (Å²) in [5, 5.41) is 3.12. The maximum atomic E-state index is 13.5. The highest BCUT2D eigenvalue weighted by molar-refractivity contribution is 7.92. The monoisotopic (exact) mass is 469 g/mol. The lowest BCUT2D eigenvalue weighted by atomic mass is 10.2. The van der Waals surface area contributed by atoms with E-state index in [-0.39, 0.29) is 17.3 Å². The number of nitrogens with one attached hydrogen (secondary N) is 1. The fraction of sp³-hybridized carbons (Fsp3) is 0.130. The molecule has 0 bridgehead atoms. The molecule has 1 aliphatic rings. The van der Waals surface area contributed by atoms with Crippen LogP contribution in [0.5, 0.6) is 0 Å². The number of nitrogens with zero attached hydrogens (tertiary/aromatic N) is 2. The third-order valence-corrected chi connectivity index (χ3v) is 7.11. The van der Waals surface area contributed by atoms with Crippen molar-refractivity contribution in [2.24, 2.45) is 0 Å². The normalized spacial score (nSPS) is 13.3. The zero-order valence-electron chi connectivity index (χ0n) is 17.2. The van der Waals surface area contributed by atoms with E-state index in [4.69, 9.17) is 11.6 Å². The molecule has 7 nitrogen and oxygen atoms in total. The quantitative estimate of drug-likeness (QED) is 0.615.